The third-order valence-electron chi connectivity index (χ3n) is 6.27. The molecule has 2 nitrogen and oxygen atoms in total. The molecule has 0 aromatic heterocycles. The molecule has 0 aliphatic rings. The molecule has 146 valence electrons. The van der Waals surface area contributed by atoms with Crippen molar-refractivity contribution in [3.8, 4) is 11.1 Å². The molecule has 0 aliphatic heterocycles. The van der Waals surface area contributed by atoms with Crippen LogP contribution in [0, 0.1) is 0 Å². The average Bonchev–Trinajstić information content (AvgIpc) is 2.81. The van der Waals surface area contributed by atoms with Gasteiger partial charge in [-0.3, -0.25) is 0 Å². The van der Waals surface area contributed by atoms with E-state index in [9.17, 15) is 10.0 Å². The van der Waals surface area contributed by atoms with Crippen molar-refractivity contribution in [1.82, 2.24) is 0 Å². The molecule has 0 bridgehead atoms. The zero-order valence-corrected chi connectivity index (χ0v) is 16.8. The highest BCUT2D eigenvalue weighted by Crippen LogP contribution is 2.37. The Morgan fingerprint density at radius 2 is 0.968 bits per heavy atom. The van der Waals surface area contributed by atoms with E-state index in [1.165, 1.54) is 21.5 Å². The van der Waals surface area contributed by atoms with Crippen LogP contribution in [-0.4, -0.2) is 17.2 Å². The number of fused-ring (bicyclic) bond motifs is 5. The van der Waals surface area contributed by atoms with Crippen molar-refractivity contribution in [1.29, 1.82) is 0 Å². The Morgan fingerprint density at radius 1 is 0.452 bits per heavy atom. The second kappa shape index (κ2) is 6.95. The van der Waals surface area contributed by atoms with E-state index in [1.807, 2.05) is 36.4 Å². The number of hydrogen-bond donors (Lipinski definition) is 2. The van der Waals surface area contributed by atoms with Crippen LogP contribution in [0.2, 0.25) is 0 Å². The molecule has 31 heavy (non-hydrogen) atoms. The minimum atomic E-state index is -1.54. The Hall–Kier alpha value is -3.66. The molecule has 0 spiro atoms. The summed E-state index contributed by atoms with van der Waals surface area (Å²) >= 11 is 0. The van der Waals surface area contributed by atoms with Gasteiger partial charge >= 0.3 is 7.12 Å². The van der Waals surface area contributed by atoms with Gasteiger partial charge in [0.2, 0.25) is 0 Å². The van der Waals surface area contributed by atoms with E-state index in [-0.39, 0.29) is 0 Å². The normalized spacial score (nSPS) is 11.5. The maximum absolute atomic E-state index is 10.2. The van der Waals surface area contributed by atoms with E-state index in [2.05, 4.69) is 66.7 Å². The largest absolute Gasteiger partial charge is 0.489 e. The van der Waals surface area contributed by atoms with Crippen molar-refractivity contribution in [2.24, 2.45) is 0 Å². The molecule has 0 atom stereocenters. The summed E-state index contributed by atoms with van der Waals surface area (Å²) in [6, 6.07) is 35.4. The lowest BCUT2D eigenvalue weighted by Gasteiger charge is -2.17. The fraction of sp³-hybridized carbons (Fsp3) is 0. The molecule has 6 aromatic rings. The van der Waals surface area contributed by atoms with Crippen LogP contribution >= 0.6 is 0 Å². The van der Waals surface area contributed by atoms with Crippen molar-refractivity contribution < 1.29 is 10.0 Å². The van der Waals surface area contributed by atoms with Crippen LogP contribution in [-0.2, 0) is 0 Å². The monoisotopic (exact) mass is 398 g/mol. The smallest absolute Gasteiger partial charge is 0.423 e. The van der Waals surface area contributed by atoms with Crippen molar-refractivity contribution in [2.45, 2.75) is 0 Å². The SMILES string of the molecule is OB(O)c1c2ccccc2c(-c2ccc3c(ccc4ccccc43)c2)c2ccccc12. The highest BCUT2D eigenvalue weighted by molar-refractivity contribution is 6.66. The predicted octanol–water partition coefficient (Wildman–Crippen LogP) is 5.65. The molecule has 0 aliphatic carbocycles. The summed E-state index contributed by atoms with van der Waals surface area (Å²) in [5, 5.41) is 29.0. The van der Waals surface area contributed by atoms with E-state index in [4.69, 9.17) is 0 Å². The minimum absolute atomic E-state index is 0.557. The van der Waals surface area contributed by atoms with Crippen LogP contribution in [0.15, 0.2) is 103 Å². The fourth-order valence-corrected chi connectivity index (χ4v) is 4.92. The number of benzene rings is 6. The zero-order chi connectivity index (χ0) is 20.9. The molecule has 3 heteroatoms. The fourth-order valence-electron chi connectivity index (χ4n) is 4.92. The molecule has 0 fully saturated rings. The summed E-state index contributed by atoms with van der Waals surface area (Å²) < 4.78 is 0. The van der Waals surface area contributed by atoms with Crippen LogP contribution in [0.3, 0.4) is 0 Å². The first-order valence-electron chi connectivity index (χ1n) is 10.4. The van der Waals surface area contributed by atoms with Crippen molar-refractivity contribution in [2.75, 3.05) is 0 Å². The van der Waals surface area contributed by atoms with Crippen molar-refractivity contribution in [3.05, 3.63) is 103 Å². The quantitative estimate of drug-likeness (QED) is 0.225. The molecular weight excluding hydrogens is 379 g/mol. The van der Waals surface area contributed by atoms with Crippen LogP contribution < -0.4 is 5.46 Å². The van der Waals surface area contributed by atoms with Gasteiger partial charge in [0.1, 0.15) is 0 Å². The van der Waals surface area contributed by atoms with Gasteiger partial charge in [-0.25, -0.2) is 0 Å². The minimum Gasteiger partial charge on any atom is -0.423 e. The maximum Gasteiger partial charge on any atom is 0.489 e. The van der Waals surface area contributed by atoms with Gasteiger partial charge in [-0.1, -0.05) is 97.1 Å². The number of rotatable bonds is 2. The summed E-state index contributed by atoms with van der Waals surface area (Å²) in [4.78, 5) is 0. The van der Waals surface area contributed by atoms with Crippen LogP contribution in [0.25, 0.3) is 54.2 Å². The zero-order valence-electron chi connectivity index (χ0n) is 16.8. The van der Waals surface area contributed by atoms with Crippen LogP contribution in [0.1, 0.15) is 0 Å². The Labute approximate surface area is 180 Å². The standard InChI is InChI=1S/C28H19BO2/c30-29(31)28-25-11-5-3-9-23(25)27(24-10-4-6-12-26(24)28)20-15-16-22-19(17-20)14-13-18-7-1-2-8-21(18)22/h1-17,30-31H. The van der Waals surface area contributed by atoms with Gasteiger partial charge in [-0.2, -0.15) is 0 Å². The molecule has 0 saturated carbocycles. The van der Waals surface area contributed by atoms with Gasteiger partial charge in [0.05, 0.1) is 0 Å². The molecule has 0 radical (unpaired) electrons. The predicted molar refractivity (Wildman–Crippen MR) is 132 cm³/mol. The van der Waals surface area contributed by atoms with Crippen molar-refractivity contribution >= 4 is 55.7 Å². The average molecular weight is 398 g/mol. The highest BCUT2D eigenvalue weighted by Gasteiger charge is 2.22. The Bertz CT molecular complexity index is 1560. The van der Waals surface area contributed by atoms with Gasteiger partial charge in [-0.15, -0.1) is 0 Å². The highest BCUT2D eigenvalue weighted by atomic mass is 16.4. The first kappa shape index (κ1) is 18.1. The van der Waals surface area contributed by atoms with E-state index >= 15 is 0 Å². The van der Waals surface area contributed by atoms with Crippen LogP contribution in [0.5, 0.6) is 0 Å². The molecule has 0 unspecified atom stereocenters. The molecule has 6 rings (SSSR count). The molecule has 0 saturated heterocycles. The second-order valence-electron chi connectivity index (χ2n) is 7.98. The topological polar surface area (TPSA) is 40.5 Å². The van der Waals surface area contributed by atoms with E-state index in [0.29, 0.717) is 5.46 Å². The van der Waals surface area contributed by atoms with E-state index in [1.54, 1.807) is 0 Å². The van der Waals surface area contributed by atoms with E-state index < -0.39 is 7.12 Å². The lowest BCUT2D eigenvalue weighted by atomic mass is 9.72. The molecule has 6 aromatic carbocycles. The molecule has 0 amide bonds. The van der Waals surface area contributed by atoms with Gasteiger partial charge in [0, 0.05) is 0 Å². The van der Waals surface area contributed by atoms with E-state index in [0.717, 1.165) is 32.7 Å². The lowest BCUT2D eigenvalue weighted by molar-refractivity contribution is 0.426. The lowest BCUT2D eigenvalue weighted by Crippen LogP contribution is -2.31. The third kappa shape index (κ3) is 2.75. The first-order valence-corrected chi connectivity index (χ1v) is 10.4. The summed E-state index contributed by atoms with van der Waals surface area (Å²) in [5.41, 5.74) is 2.79. The van der Waals surface area contributed by atoms with Gasteiger partial charge in [-0.05, 0) is 65.7 Å². The first-order chi connectivity index (χ1) is 15.2. The van der Waals surface area contributed by atoms with Crippen LogP contribution in [0.4, 0.5) is 0 Å². The van der Waals surface area contributed by atoms with Gasteiger partial charge in [0.25, 0.3) is 0 Å². The summed E-state index contributed by atoms with van der Waals surface area (Å²) in [6.07, 6.45) is 0. The Balaban J connectivity index is 1.74. The number of hydrogen-bond acceptors (Lipinski definition) is 2. The Kier molecular flexibility index (Phi) is 4.07. The second-order valence-corrected chi connectivity index (χ2v) is 7.98. The van der Waals surface area contributed by atoms with Gasteiger partial charge in [0.15, 0.2) is 0 Å². The molecule has 2 N–H and O–H groups in total. The molecular formula is C28H19BO2. The summed E-state index contributed by atoms with van der Waals surface area (Å²) in [7, 11) is -1.54. The van der Waals surface area contributed by atoms with Crippen molar-refractivity contribution in [3.63, 3.8) is 0 Å². The van der Waals surface area contributed by atoms with Gasteiger partial charge < -0.3 is 10.0 Å². The summed E-state index contributed by atoms with van der Waals surface area (Å²) in [5.74, 6) is 0. The molecule has 0 heterocycles. The maximum atomic E-state index is 10.2. The third-order valence-corrected chi connectivity index (χ3v) is 6.27. The summed E-state index contributed by atoms with van der Waals surface area (Å²) in [6.45, 7) is 0. The Morgan fingerprint density at radius 3 is 1.61 bits per heavy atom.